The average Bonchev–Trinajstić information content (AvgIpc) is 2.97. The highest BCUT2D eigenvalue weighted by molar-refractivity contribution is 6.59. The van der Waals surface area contributed by atoms with Gasteiger partial charge in [-0.25, -0.2) is 0 Å². The summed E-state index contributed by atoms with van der Waals surface area (Å²) >= 11 is 0. The first-order chi connectivity index (χ1) is 13.4. The summed E-state index contributed by atoms with van der Waals surface area (Å²) in [5.74, 6) is -0.182. The van der Waals surface area contributed by atoms with Gasteiger partial charge < -0.3 is 14.0 Å². The maximum atomic E-state index is 11.3. The van der Waals surface area contributed by atoms with Crippen LogP contribution in [0.5, 0.6) is 0 Å². The second kappa shape index (κ2) is 8.52. The molecule has 0 spiro atoms. The van der Waals surface area contributed by atoms with Gasteiger partial charge in [-0.15, -0.1) is 0 Å². The fourth-order valence-electron chi connectivity index (χ4n) is 3.43. The van der Waals surface area contributed by atoms with Gasteiger partial charge in [-0.3, -0.25) is 4.79 Å². The molecular weight excluding hydrogens is 349 g/mol. The molecule has 0 N–H and O–H groups in total. The molecule has 0 unspecified atom stereocenters. The van der Waals surface area contributed by atoms with E-state index >= 15 is 0 Å². The van der Waals surface area contributed by atoms with E-state index in [1.54, 1.807) is 22.1 Å². The van der Waals surface area contributed by atoms with E-state index in [9.17, 15) is 4.79 Å². The Balaban J connectivity index is 1.85. The predicted octanol–water partition coefficient (Wildman–Crippen LogP) is 2.90. The number of ketones is 1. The molecule has 0 amide bonds. The van der Waals surface area contributed by atoms with E-state index in [-0.39, 0.29) is 12.4 Å². The Morgan fingerprint density at radius 1 is 1.07 bits per heavy atom. The Kier molecular flexibility index (Phi) is 6.28. The lowest BCUT2D eigenvalue weighted by Gasteiger charge is -2.33. The molecule has 3 rings (SSSR count). The highest BCUT2D eigenvalue weighted by atomic mass is 16.5. The van der Waals surface area contributed by atoms with Crippen molar-refractivity contribution >= 4 is 28.2 Å². The summed E-state index contributed by atoms with van der Waals surface area (Å²) in [6.45, 7) is 7.12. The molecule has 0 fully saturated rings. The number of carbonyl (C=O) groups is 1. The van der Waals surface area contributed by atoms with Gasteiger partial charge in [-0.2, -0.15) is 0 Å². The first-order valence-corrected chi connectivity index (χ1v) is 9.13. The van der Waals surface area contributed by atoms with E-state index < -0.39 is 10.7 Å². The highest BCUT2D eigenvalue weighted by Gasteiger charge is 2.47. The molecule has 28 heavy (non-hydrogen) atoms. The molecule has 0 aromatic heterocycles. The molecule has 1 aliphatic carbocycles. The second-order valence-corrected chi connectivity index (χ2v) is 7.25. The van der Waals surface area contributed by atoms with Crippen molar-refractivity contribution in [1.29, 1.82) is 0 Å². The Morgan fingerprint density at radius 2 is 1.64 bits per heavy atom. The molecule has 0 saturated carbocycles. The van der Waals surface area contributed by atoms with E-state index in [2.05, 4.69) is 30.8 Å². The van der Waals surface area contributed by atoms with Crippen LogP contribution in [0.3, 0.4) is 0 Å². The predicted molar refractivity (Wildman–Crippen MR) is 113 cm³/mol. The molecule has 2 aromatic carbocycles. The lowest BCUT2D eigenvalue weighted by Crippen LogP contribution is -2.47. The van der Waals surface area contributed by atoms with Crippen LogP contribution in [0.2, 0.25) is 0 Å². The molecule has 4 nitrogen and oxygen atoms in total. The van der Waals surface area contributed by atoms with Crippen molar-refractivity contribution in [1.82, 2.24) is 0 Å². The van der Waals surface area contributed by atoms with Crippen LogP contribution in [0.15, 0.2) is 61.2 Å². The zero-order chi connectivity index (χ0) is 20.2. The van der Waals surface area contributed by atoms with Gasteiger partial charge in [0, 0.05) is 17.8 Å². The van der Waals surface area contributed by atoms with Crippen molar-refractivity contribution < 1.29 is 18.8 Å². The van der Waals surface area contributed by atoms with Crippen molar-refractivity contribution in [2.45, 2.75) is 24.6 Å². The summed E-state index contributed by atoms with van der Waals surface area (Å²) in [5.41, 5.74) is 3.75. The highest BCUT2D eigenvalue weighted by Crippen LogP contribution is 2.48. The van der Waals surface area contributed by atoms with E-state index in [1.165, 1.54) is 13.6 Å². The van der Waals surface area contributed by atoms with Gasteiger partial charge in [-0.05, 0) is 42.2 Å². The summed E-state index contributed by atoms with van der Waals surface area (Å²) in [6.07, 6.45) is 1.24. The molecule has 0 bridgehead atoms. The van der Waals surface area contributed by atoms with Crippen molar-refractivity contribution in [3.8, 4) is 11.1 Å². The zero-order valence-corrected chi connectivity index (χ0v) is 16.5. The van der Waals surface area contributed by atoms with E-state index in [0.717, 1.165) is 22.3 Å². The lowest BCUT2D eigenvalue weighted by atomic mass is 9.42. The topological polar surface area (TPSA) is 44.8 Å². The van der Waals surface area contributed by atoms with Gasteiger partial charge in [0.05, 0.1) is 6.61 Å². The minimum Gasteiger partial charge on any atom is -0.442 e. The first-order valence-electron chi connectivity index (χ1n) is 9.13. The van der Waals surface area contributed by atoms with Crippen LogP contribution < -0.4 is 0 Å². The van der Waals surface area contributed by atoms with Crippen LogP contribution in [0.4, 0.5) is 0 Å². The number of hydrogen-bond donors (Lipinski definition) is 0. The number of carbonyl (C=O) groups excluding carboxylic acids is 1. The quantitative estimate of drug-likeness (QED) is 0.476. The third kappa shape index (κ3) is 4.02. The van der Waals surface area contributed by atoms with Crippen LogP contribution >= 0.6 is 0 Å². The monoisotopic (exact) mass is 371 g/mol. The maximum Gasteiger partial charge on any atom is 0.326 e. The van der Waals surface area contributed by atoms with E-state index in [1.807, 2.05) is 38.1 Å². The summed E-state index contributed by atoms with van der Waals surface area (Å²) in [5, 5.41) is -0.649. The first kappa shape index (κ1) is 20.7. The minimum atomic E-state index is -0.748. The maximum absolute atomic E-state index is 11.3. The Bertz CT molecular complexity index is 821. The lowest BCUT2D eigenvalue weighted by molar-refractivity contribution is -0.116. The molecule has 3 radical (unpaired) electrons. The molecule has 0 aliphatic heterocycles. The van der Waals surface area contributed by atoms with Gasteiger partial charge in [-0.1, -0.05) is 55.1 Å². The van der Waals surface area contributed by atoms with Gasteiger partial charge in [0.25, 0.3) is 0 Å². The van der Waals surface area contributed by atoms with E-state index in [0.29, 0.717) is 0 Å². The smallest absolute Gasteiger partial charge is 0.326 e. The van der Waals surface area contributed by atoms with Gasteiger partial charge in [0.1, 0.15) is 0 Å². The van der Waals surface area contributed by atoms with Gasteiger partial charge in [0.15, 0.2) is 5.78 Å². The number of benzene rings is 2. The average molecular weight is 371 g/mol. The molecule has 139 valence electrons. The number of hydrogen-bond acceptors (Lipinski definition) is 4. The molecule has 0 saturated heterocycles. The van der Waals surface area contributed by atoms with Crippen LogP contribution in [-0.4, -0.2) is 47.4 Å². The number of rotatable bonds is 10. The summed E-state index contributed by atoms with van der Waals surface area (Å²) in [7, 11) is 6.74. The molecule has 1 aliphatic rings. The van der Waals surface area contributed by atoms with Crippen molar-refractivity contribution in [2.75, 3.05) is 13.7 Å². The number of fused-ring (bicyclic) bond motifs is 3. The van der Waals surface area contributed by atoms with Crippen LogP contribution in [-0.2, 0) is 24.0 Å². The summed E-state index contributed by atoms with van der Waals surface area (Å²) in [4.78, 5) is 11.3. The normalized spacial score (nSPS) is 14.0. The van der Waals surface area contributed by atoms with Gasteiger partial charge in [0.2, 0.25) is 0 Å². The molecule has 2 aromatic rings. The molecule has 0 heterocycles. The minimum absolute atomic E-state index is 0.0582. The standard InChI is InChI=1S/C21H22B3O4/c1-5-15(25)14-27-22-20(2,3)28-24-21(23-26-4)18-12-8-6-10-16(18)17-11-7-9-13-19(17)21/h5-13H,1,14H2,2-4H3. The molecule has 0 atom stereocenters. The van der Waals surface area contributed by atoms with Crippen LogP contribution in [0, 0.1) is 0 Å². The van der Waals surface area contributed by atoms with Crippen LogP contribution in [0.1, 0.15) is 25.0 Å². The third-order valence-electron chi connectivity index (χ3n) is 4.71. The Labute approximate surface area is 169 Å². The fourth-order valence-corrected chi connectivity index (χ4v) is 3.43. The SMILES string of the molecule is C=CC(=O)CO[B]C(C)(C)O[B]C1([B]OC)c2ccccc2-c2ccccc21. The molecular formula is C21H22B3O4. The second-order valence-electron chi connectivity index (χ2n) is 7.25. The third-order valence-corrected chi connectivity index (χ3v) is 4.71. The van der Waals surface area contributed by atoms with Gasteiger partial charge >= 0.3 is 22.4 Å². The fraction of sp³-hybridized carbons (Fsp3) is 0.286. The van der Waals surface area contributed by atoms with Crippen LogP contribution in [0.25, 0.3) is 11.1 Å². The Morgan fingerprint density at radius 3 is 2.18 bits per heavy atom. The zero-order valence-electron chi connectivity index (χ0n) is 16.5. The summed E-state index contributed by atoms with van der Waals surface area (Å²) < 4.78 is 17.0. The van der Waals surface area contributed by atoms with Crippen molar-refractivity contribution in [2.24, 2.45) is 0 Å². The van der Waals surface area contributed by atoms with Crippen molar-refractivity contribution in [3.05, 3.63) is 72.3 Å². The van der Waals surface area contributed by atoms with E-state index in [4.69, 9.17) is 14.0 Å². The van der Waals surface area contributed by atoms with Crippen molar-refractivity contribution in [3.63, 3.8) is 0 Å². The Hall–Kier alpha value is -2.08. The molecule has 7 heteroatoms. The summed E-state index contributed by atoms with van der Waals surface area (Å²) in [6, 6.07) is 16.5. The largest absolute Gasteiger partial charge is 0.442 e.